The predicted octanol–water partition coefficient (Wildman–Crippen LogP) is 12.5. The Labute approximate surface area is 279 Å². The molecule has 0 N–H and O–H groups in total. The van der Waals surface area contributed by atoms with E-state index in [1.165, 1.54) is 4.90 Å². The van der Waals surface area contributed by atoms with Crippen LogP contribution in [-0.4, -0.2) is 0 Å². The van der Waals surface area contributed by atoms with E-state index in [9.17, 15) is 4.11 Å². The van der Waals surface area contributed by atoms with Crippen LogP contribution in [0.2, 0.25) is 0 Å². The molecule has 0 unspecified atom stereocenters. The lowest BCUT2D eigenvalue weighted by molar-refractivity contribution is 1.30. The molecule has 1 heteroatoms. The van der Waals surface area contributed by atoms with Gasteiger partial charge in [0.05, 0.1) is 20.8 Å². The summed E-state index contributed by atoms with van der Waals surface area (Å²) in [5.74, 6) is 0. The summed E-state index contributed by atoms with van der Waals surface area (Å²) in [6.45, 7) is 0. The minimum Gasteiger partial charge on any atom is -0.310 e. The van der Waals surface area contributed by atoms with Crippen LogP contribution in [-0.2, 0) is 0 Å². The Bertz CT molecular complexity index is 2870. The van der Waals surface area contributed by atoms with Crippen LogP contribution in [0.15, 0.2) is 188 Å². The molecule has 0 spiro atoms. The van der Waals surface area contributed by atoms with Crippen molar-refractivity contribution in [1.82, 2.24) is 0 Å². The Balaban J connectivity index is 1.43. The van der Waals surface area contributed by atoms with Gasteiger partial charge in [0.2, 0.25) is 0 Å². The van der Waals surface area contributed by atoms with Gasteiger partial charge in [-0.05, 0) is 91.9 Å². The number of rotatable bonds is 6. The molecule has 0 bridgehead atoms. The van der Waals surface area contributed by atoms with Gasteiger partial charge in [0.1, 0.15) is 0 Å². The van der Waals surface area contributed by atoms with Gasteiger partial charge in [0, 0.05) is 16.8 Å². The first-order valence-corrected chi connectivity index (χ1v) is 14.5. The van der Waals surface area contributed by atoms with Gasteiger partial charge >= 0.3 is 0 Å². The average Bonchev–Trinajstić information content (AvgIpc) is 3.22. The largest absolute Gasteiger partial charge is 0.310 e. The fraction of sp³-hybridized carbons (Fsp3) is 0. The first-order chi connectivity index (χ1) is 26.9. The molecule has 0 atom stereocenters. The lowest BCUT2D eigenvalue weighted by Crippen LogP contribution is -2.10. The van der Waals surface area contributed by atoms with Crippen molar-refractivity contribution in [3.05, 3.63) is 188 Å². The van der Waals surface area contributed by atoms with E-state index in [1.54, 1.807) is 24.3 Å². The van der Waals surface area contributed by atoms with Crippen molar-refractivity contribution in [3.63, 3.8) is 0 Å². The molecule has 0 heterocycles. The molecule has 8 aromatic rings. The maximum atomic E-state index is 9.67. The highest BCUT2D eigenvalue weighted by Gasteiger charge is 2.16. The molecule has 0 amide bonds. The van der Waals surface area contributed by atoms with E-state index in [4.69, 9.17) is 11.0 Å². The lowest BCUT2D eigenvalue weighted by Gasteiger charge is -2.27. The van der Waals surface area contributed by atoms with E-state index in [0.717, 1.165) is 33.0 Å². The summed E-state index contributed by atoms with van der Waals surface area (Å²) >= 11 is 0. The fourth-order valence-corrected chi connectivity index (χ4v) is 5.58. The average molecular weight is 585 g/mol. The van der Waals surface area contributed by atoms with Crippen molar-refractivity contribution in [2.24, 2.45) is 0 Å². The quantitative estimate of drug-likeness (QED) is 0.188. The van der Waals surface area contributed by atoms with Gasteiger partial charge in [-0.1, -0.05) is 145 Å². The third-order valence-electron chi connectivity index (χ3n) is 7.82. The summed E-state index contributed by atoms with van der Waals surface area (Å²) in [6.07, 6.45) is 0. The molecule has 0 saturated carbocycles. The number of hydrogen-bond acceptors (Lipinski definition) is 1. The molecule has 0 radical (unpaired) electrons. The summed E-state index contributed by atoms with van der Waals surface area (Å²) in [7, 11) is 0. The fourth-order valence-electron chi connectivity index (χ4n) is 5.58. The van der Waals surface area contributed by atoms with Crippen LogP contribution in [0.5, 0.6) is 0 Å². The Morgan fingerprint density at radius 3 is 1.87 bits per heavy atom. The highest BCUT2D eigenvalue weighted by Crippen LogP contribution is 2.41. The molecule has 0 aliphatic carbocycles. The van der Waals surface area contributed by atoms with Gasteiger partial charge < -0.3 is 4.90 Å². The summed E-state index contributed by atoms with van der Waals surface area (Å²) in [5, 5.41) is 1.22. The molecule has 1 nitrogen and oxygen atoms in total. The van der Waals surface area contributed by atoms with Crippen molar-refractivity contribution in [1.29, 1.82) is 0 Å². The zero-order valence-corrected chi connectivity index (χ0v) is 24.0. The second-order valence-electron chi connectivity index (χ2n) is 10.6. The van der Waals surface area contributed by atoms with Crippen molar-refractivity contribution >= 4 is 38.6 Å². The van der Waals surface area contributed by atoms with Crippen LogP contribution < -0.4 is 4.90 Å². The highest BCUT2D eigenvalue weighted by molar-refractivity contribution is 5.99. The molecule has 0 aromatic heterocycles. The maximum Gasteiger partial charge on any atom is 0.0651 e. The van der Waals surface area contributed by atoms with E-state index in [-0.39, 0.29) is 45.5 Å². The standard InChI is InChI=1S/C44H31N/c1-2-11-32(12-3-1)37-17-8-18-38(29-37)34-25-27-41(28-26-34)45(44-22-10-16-35-14-6-7-21-43(35)44)42-20-9-19-39(31-42)40-24-23-33-13-4-5-15-36(33)30-40/h1-31H/i6D,7D,9D,10D,14D,16D,19D,20D,21D,22D,31D. The van der Waals surface area contributed by atoms with Crippen molar-refractivity contribution in [2.45, 2.75) is 0 Å². The normalized spacial score (nSPS) is 14.5. The van der Waals surface area contributed by atoms with E-state index in [0.29, 0.717) is 5.56 Å². The Morgan fingerprint density at radius 2 is 1.02 bits per heavy atom. The predicted molar refractivity (Wildman–Crippen MR) is 192 cm³/mol. The third-order valence-corrected chi connectivity index (χ3v) is 7.82. The second kappa shape index (κ2) is 11.6. The van der Waals surface area contributed by atoms with Gasteiger partial charge in [-0.25, -0.2) is 0 Å². The second-order valence-corrected chi connectivity index (χ2v) is 10.6. The Morgan fingerprint density at radius 1 is 0.378 bits per heavy atom. The van der Waals surface area contributed by atoms with E-state index < -0.39 is 54.4 Å². The van der Waals surface area contributed by atoms with Crippen LogP contribution in [0.25, 0.3) is 54.9 Å². The number of benzene rings is 8. The molecule has 8 aromatic carbocycles. The third kappa shape index (κ3) is 5.26. The first kappa shape index (κ1) is 17.4. The maximum absolute atomic E-state index is 9.67. The molecule has 8 rings (SSSR count). The number of fused-ring (bicyclic) bond motifs is 2. The summed E-state index contributed by atoms with van der Waals surface area (Å²) in [5.41, 5.74) is 4.02. The monoisotopic (exact) mass is 584 g/mol. The number of anilines is 3. The molecule has 0 fully saturated rings. The molecular formula is C44H31N. The number of nitrogens with zero attached hydrogens (tertiary/aromatic N) is 1. The van der Waals surface area contributed by atoms with Crippen molar-refractivity contribution < 1.29 is 15.1 Å². The zero-order valence-electron chi connectivity index (χ0n) is 35.0. The topological polar surface area (TPSA) is 3.24 Å². The van der Waals surface area contributed by atoms with Crippen molar-refractivity contribution in [2.75, 3.05) is 4.90 Å². The lowest BCUT2D eigenvalue weighted by atomic mass is 9.98. The van der Waals surface area contributed by atoms with Crippen LogP contribution in [0.3, 0.4) is 0 Å². The Kier molecular flexibility index (Phi) is 4.50. The Hall–Kier alpha value is -5.92. The van der Waals surface area contributed by atoms with Gasteiger partial charge in [0.15, 0.2) is 0 Å². The van der Waals surface area contributed by atoms with E-state index >= 15 is 0 Å². The molecule has 45 heavy (non-hydrogen) atoms. The summed E-state index contributed by atoms with van der Waals surface area (Å²) in [4.78, 5) is 1.31. The minimum atomic E-state index is -0.620. The van der Waals surface area contributed by atoms with Gasteiger partial charge in [0.25, 0.3) is 0 Å². The molecular weight excluding hydrogens is 542 g/mol. The van der Waals surface area contributed by atoms with E-state index in [1.807, 2.05) is 97.1 Å². The highest BCUT2D eigenvalue weighted by atomic mass is 15.1. The van der Waals surface area contributed by atoms with Gasteiger partial charge in [-0.15, -0.1) is 0 Å². The number of hydrogen-bond donors (Lipinski definition) is 0. The van der Waals surface area contributed by atoms with Crippen LogP contribution >= 0.6 is 0 Å². The smallest absolute Gasteiger partial charge is 0.0651 e. The minimum absolute atomic E-state index is 0.0482. The van der Waals surface area contributed by atoms with Crippen LogP contribution in [0.1, 0.15) is 15.1 Å². The SMILES string of the molecule is [2H]c1c([2H])c(-c2ccc3ccccc3c2)c([2H])c(N(c2ccc(-c3cccc(-c4ccccc4)c3)cc2)c2c([2H])c([2H])c([2H])c3c([2H])c([2H])c([2H])c([2H])c23)c1[2H]. The molecule has 0 saturated heterocycles. The van der Waals surface area contributed by atoms with Gasteiger partial charge in [-0.2, -0.15) is 0 Å². The summed E-state index contributed by atoms with van der Waals surface area (Å²) < 4.78 is 98.4. The van der Waals surface area contributed by atoms with Crippen molar-refractivity contribution in [3.8, 4) is 33.4 Å². The van der Waals surface area contributed by atoms with E-state index in [2.05, 4.69) is 0 Å². The molecule has 0 aliphatic rings. The summed E-state index contributed by atoms with van der Waals surface area (Å²) in [6, 6.07) is 32.0. The van der Waals surface area contributed by atoms with Gasteiger partial charge in [-0.3, -0.25) is 0 Å². The molecule has 212 valence electrons. The zero-order chi connectivity index (χ0) is 39.6. The molecule has 0 aliphatic heterocycles. The first-order valence-electron chi connectivity index (χ1n) is 20.0. The van der Waals surface area contributed by atoms with Crippen LogP contribution in [0, 0.1) is 0 Å². The van der Waals surface area contributed by atoms with Crippen LogP contribution in [0.4, 0.5) is 17.1 Å².